The molecule has 134 valence electrons. The normalized spacial score (nSPS) is 15.9. The summed E-state index contributed by atoms with van der Waals surface area (Å²) in [4.78, 5) is 31.6. The number of thioether (sulfide) groups is 1. The SMILES string of the molecule is O=C(c1cnc2n(c1=O)CCS2)N1CC=C(c2cccc3ccccc23)C1. The van der Waals surface area contributed by atoms with Gasteiger partial charge in [0.15, 0.2) is 5.16 Å². The first-order valence-corrected chi connectivity index (χ1v) is 9.90. The van der Waals surface area contributed by atoms with Crippen LogP contribution in [0.1, 0.15) is 15.9 Å². The fourth-order valence-electron chi connectivity index (χ4n) is 3.74. The Morgan fingerprint density at radius 1 is 1.11 bits per heavy atom. The molecule has 0 saturated carbocycles. The highest BCUT2D eigenvalue weighted by Gasteiger charge is 2.27. The van der Waals surface area contributed by atoms with E-state index in [-0.39, 0.29) is 17.0 Å². The molecule has 3 aromatic rings. The zero-order chi connectivity index (χ0) is 18.4. The lowest BCUT2D eigenvalue weighted by atomic mass is 9.99. The van der Waals surface area contributed by atoms with Crippen molar-refractivity contribution in [3.63, 3.8) is 0 Å². The molecule has 5 nitrogen and oxygen atoms in total. The first-order chi connectivity index (χ1) is 13.2. The first-order valence-electron chi connectivity index (χ1n) is 8.91. The van der Waals surface area contributed by atoms with Crippen LogP contribution in [0.25, 0.3) is 16.3 Å². The third-order valence-corrected chi connectivity index (χ3v) is 6.10. The number of carbonyl (C=O) groups excluding carboxylic acids is 1. The van der Waals surface area contributed by atoms with Gasteiger partial charge in [0, 0.05) is 31.6 Å². The molecule has 2 aliphatic rings. The van der Waals surface area contributed by atoms with Crippen LogP contribution in [0.4, 0.5) is 0 Å². The second-order valence-corrected chi connectivity index (χ2v) is 7.76. The number of hydrogen-bond donors (Lipinski definition) is 0. The van der Waals surface area contributed by atoms with Gasteiger partial charge in [0.1, 0.15) is 5.56 Å². The van der Waals surface area contributed by atoms with Crippen molar-refractivity contribution in [3.8, 4) is 0 Å². The van der Waals surface area contributed by atoms with E-state index < -0.39 is 0 Å². The lowest BCUT2D eigenvalue weighted by Crippen LogP contribution is -2.36. The molecule has 0 unspecified atom stereocenters. The molecule has 0 spiro atoms. The van der Waals surface area contributed by atoms with E-state index >= 15 is 0 Å². The Morgan fingerprint density at radius 3 is 2.89 bits per heavy atom. The van der Waals surface area contributed by atoms with Crippen LogP contribution in [-0.2, 0) is 6.54 Å². The summed E-state index contributed by atoms with van der Waals surface area (Å²) in [7, 11) is 0. The Labute approximate surface area is 160 Å². The Kier molecular flexibility index (Phi) is 3.86. The minimum atomic E-state index is -0.244. The highest BCUT2D eigenvalue weighted by molar-refractivity contribution is 7.99. The van der Waals surface area contributed by atoms with Gasteiger partial charge in [0.05, 0.1) is 0 Å². The largest absolute Gasteiger partial charge is 0.330 e. The summed E-state index contributed by atoms with van der Waals surface area (Å²) < 4.78 is 1.60. The maximum Gasteiger partial charge on any atom is 0.267 e. The van der Waals surface area contributed by atoms with Crippen molar-refractivity contribution >= 4 is 34.0 Å². The molecule has 0 atom stereocenters. The fraction of sp³-hybridized carbons (Fsp3) is 0.190. The zero-order valence-electron chi connectivity index (χ0n) is 14.6. The van der Waals surface area contributed by atoms with Crippen molar-refractivity contribution in [2.24, 2.45) is 0 Å². The highest BCUT2D eigenvalue weighted by atomic mass is 32.2. The van der Waals surface area contributed by atoms with Crippen LogP contribution < -0.4 is 5.56 Å². The van der Waals surface area contributed by atoms with E-state index in [1.807, 2.05) is 18.2 Å². The Bertz CT molecular complexity index is 1160. The molecule has 5 rings (SSSR count). The molecule has 0 aliphatic carbocycles. The molecule has 2 aromatic carbocycles. The summed E-state index contributed by atoms with van der Waals surface area (Å²) in [6.45, 7) is 1.63. The standard InChI is InChI=1S/C21H17N3O2S/c25-19(18-12-22-21-24(20(18)26)10-11-27-21)23-9-8-15(13-23)17-7-3-5-14-4-1-2-6-16(14)17/h1-8,12H,9-11,13H2. The number of benzene rings is 2. The summed E-state index contributed by atoms with van der Waals surface area (Å²) in [5.41, 5.74) is 2.19. The van der Waals surface area contributed by atoms with Crippen LogP contribution in [0.2, 0.25) is 0 Å². The average Bonchev–Trinajstić information content (AvgIpc) is 3.37. The number of rotatable bonds is 2. The minimum Gasteiger partial charge on any atom is -0.330 e. The monoisotopic (exact) mass is 375 g/mol. The van der Waals surface area contributed by atoms with Crippen molar-refractivity contribution in [1.82, 2.24) is 14.5 Å². The van der Waals surface area contributed by atoms with Gasteiger partial charge in [-0.15, -0.1) is 0 Å². The van der Waals surface area contributed by atoms with Gasteiger partial charge in [-0.2, -0.15) is 0 Å². The van der Waals surface area contributed by atoms with Crippen molar-refractivity contribution < 1.29 is 4.79 Å². The van der Waals surface area contributed by atoms with Gasteiger partial charge < -0.3 is 4.90 Å². The molecule has 0 radical (unpaired) electrons. The summed E-state index contributed by atoms with van der Waals surface area (Å²) in [6, 6.07) is 14.5. The maximum absolute atomic E-state index is 12.9. The molecule has 1 amide bonds. The summed E-state index contributed by atoms with van der Waals surface area (Å²) in [6.07, 6.45) is 3.51. The molecule has 6 heteroatoms. The van der Waals surface area contributed by atoms with Crippen molar-refractivity contribution in [2.75, 3.05) is 18.8 Å². The van der Waals surface area contributed by atoms with E-state index in [4.69, 9.17) is 0 Å². The van der Waals surface area contributed by atoms with Gasteiger partial charge in [-0.25, -0.2) is 4.98 Å². The number of fused-ring (bicyclic) bond motifs is 2. The van der Waals surface area contributed by atoms with E-state index in [1.165, 1.54) is 17.0 Å². The third-order valence-electron chi connectivity index (χ3n) is 5.13. The highest BCUT2D eigenvalue weighted by Crippen LogP contribution is 2.29. The van der Waals surface area contributed by atoms with E-state index in [2.05, 4.69) is 35.3 Å². The second kappa shape index (κ2) is 6.39. The molecular formula is C21H17N3O2S. The van der Waals surface area contributed by atoms with Gasteiger partial charge in [-0.1, -0.05) is 60.3 Å². The molecule has 3 heterocycles. The fourth-order valence-corrected chi connectivity index (χ4v) is 4.66. The quantitative estimate of drug-likeness (QED) is 0.646. The smallest absolute Gasteiger partial charge is 0.267 e. The number of carbonyl (C=O) groups is 1. The Balaban J connectivity index is 1.44. The molecule has 2 aliphatic heterocycles. The minimum absolute atomic E-state index is 0.161. The topological polar surface area (TPSA) is 55.2 Å². The number of aromatic nitrogens is 2. The zero-order valence-corrected chi connectivity index (χ0v) is 15.4. The summed E-state index contributed by atoms with van der Waals surface area (Å²) in [5, 5.41) is 3.06. The molecule has 1 aromatic heterocycles. The Morgan fingerprint density at radius 2 is 1.96 bits per heavy atom. The van der Waals surface area contributed by atoms with Gasteiger partial charge in [-0.05, 0) is 21.9 Å². The van der Waals surface area contributed by atoms with Crippen LogP contribution in [0.5, 0.6) is 0 Å². The lowest BCUT2D eigenvalue weighted by molar-refractivity contribution is 0.0798. The van der Waals surface area contributed by atoms with E-state index in [0.29, 0.717) is 24.8 Å². The van der Waals surface area contributed by atoms with Crippen LogP contribution in [0.3, 0.4) is 0 Å². The van der Waals surface area contributed by atoms with Crippen molar-refractivity contribution in [2.45, 2.75) is 11.7 Å². The van der Waals surface area contributed by atoms with Crippen molar-refractivity contribution in [1.29, 1.82) is 0 Å². The third kappa shape index (κ3) is 2.68. The number of nitrogens with zero attached hydrogens (tertiary/aromatic N) is 3. The predicted molar refractivity (Wildman–Crippen MR) is 107 cm³/mol. The number of hydrogen-bond acceptors (Lipinski definition) is 4. The molecule has 0 N–H and O–H groups in total. The number of amides is 1. The van der Waals surface area contributed by atoms with E-state index in [9.17, 15) is 9.59 Å². The summed E-state index contributed by atoms with van der Waals surface area (Å²) >= 11 is 1.55. The molecule has 27 heavy (non-hydrogen) atoms. The van der Waals surface area contributed by atoms with Gasteiger partial charge in [0.2, 0.25) is 0 Å². The predicted octanol–water partition coefficient (Wildman–Crippen LogP) is 3.04. The van der Waals surface area contributed by atoms with Crippen LogP contribution >= 0.6 is 11.8 Å². The average molecular weight is 375 g/mol. The van der Waals surface area contributed by atoms with Gasteiger partial charge >= 0.3 is 0 Å². The van der Waals surface area contributed by atoms with Crippen LogP contribution in [-0.4, -0.2) is 39.2 Å². The van der Waals surface area contributed by atoms with Gasteiger partial charge in [0.25, 0.3) is 11.5 Å². The molecule has 0 bridgehead atoms. The molecule has 0 saturated heterocycles. The molecule has 0 fully saturated rings. The molecular weight excluding hydrogens is 358 g/mol. The van der Waals surface area contributed by atoms with E-state index in [1.54, 1.807) is 21.2 Å². The maximum atomic E-state index is 12.9. The summed E-state index contributed by atoms with van der Waals surface area (Å²) in [5.74, 6) is 0.585. The lowest BCUT2D eigenvalue weighted by Gasteiger charge is -2.17. The Hall–Kier alpha value is -2.86. The van der Waals surface area contributed by atoms with Crippen LogP contribution in [0.15, 0.2) is 64.7 Å². The van der Waals surface area contributed by atoms with Crippen LogP contribution in [0, 0.1) is 0 Å². The van der Waals surface area contributed by atoms with E-state index in [0.717, 1.165) is 16.9 Å². The second-order valence-electron chi connectivity index (χ2n) is 6.70. The van der Waals surface area contributed by atoms with Crippen molar-refractivity contribution in [3.05, 3.63) is 76.2 Å². The van der Waals surface area contributed by atoms with Gasteiger partial charge in [-0.3, -0.25) is 14.2 Å². The first kappa shape index (κ1) is 16.3.